The Bertz CT molecular complexity index is 421. The number of rotatable bonds is 8. The molecule has 0 unspecified atom stereocenters. The highest BCUT2D eigenvalue weighted by Gasteiger charge is 2.08. The zero-order chi connectivity index (χ0) is 15.7. The number of unbranched alkanes of at least 4 members (excludes halogenated alkanes) is 1. The van der Waals surface area contributed by atoms with E-state index < -0.39 is 0 Å². The molecule has 0 fully saturated rings. The van der Waals surface area contributed by atoms with Gasteiger partial charge in [-0.1, -0.05) is 25.5 Å². The Balaban J connectivity index is 2.32. The number of hydrogen-bond acceptors (Lipinski definition) is 4. The molecule has 0 aliphatic heterocycles. The predicted molar refractivity (Wildman–Crippen MR) is 84.4 cm³/mol. The Morgan fingerprint density at radius 2 is 1.86 bits per heavy atom. The van der Waals surface area contributed by atoms with Crippen LogP contribution in [0.5, 0.6) is 5.75 Å². The summed E-state index contributed by atoms with van der Waals surface area (Å²) in [4.78, 5) is 11.4. The van der Waals surface area contributed by atoms with Crippen molar-refractivity contribution >= 4 is 5.97 Å². The van der Waals surface area contributed by atoms with Gasteiger partial charge in [0.1, 0.15) is 5.75 Å². The average Bonchev–Trinajstić information content (AvgIpc) is 2.43. The van der Waals surface area contributed by atoms with Crippen LogP contribution in [0.4, 0.5) is 0 Å². The summed E-state index contributed by atoms with van der Waals surface area (Å²) in [5.74, 6) is 0.365. The average molecular weight is 293 g/mol. The van der Waals surface area contributed by atoms with Crippen molar-refractivity contribution in [2.75, 3.05) is 13.2 Å². The van der Waals surface area contributed by atoms with E-state index in [1.807, 2.05) is 24.3 Å². The van der Waals surface area contributed by atoms with Crippen molar-refractivity contribution in [2.24, 2.45) is 0 Å². The first-order valence-electron chi connectivity index (χ1n) is 7.53. The van der Waals surface area contributed by atoms with Crippen LogP contribution >= 0.6 is 0 Å². The van der Waals surface area contributed by atoms with Crippen molar-refractivity contribution in [3.05, 3.63) is 29.8 Å². The summed E-state index contributed by atoms with van der Waals surface area (Å²) in [6.45, 7) is 9.69. The third-order valence-electron chi connectivity index (χ3n) is 2.86. The van der Waals surface area contributed by atoms with Crippen LogP contribution in [-0.4, -0.2) is 24.7 Å². The van der Waals surface area contributed by atoms with E-state index in [1.165, 1.54) is 5.56 Å². The molecule has 1 aromatic rings. The highest BCUT2D eigenvalue weighted by molar-refractivity contribution is 5.71. The second-order valence-corrected chi connectivity index (χ2v) is 6.11. The van der Waals surface area contributed by atoms with Gasteiger partial charge in [0.15, 0.2) is 6.61 Å². The predicted octanol–water partition coefficient (Wildman–Crippen LogP) is 3.30. The standard InChI is InChI=1S/C17H27NO3/c1-5-6-11-20-16(19)13-21-15-9-7-14(8-10-15)12-18-17(2,3)4/h7-10,18H,5-6,11-13H2,1-4H3. The number of esters is 1. The molecule has 118 valence electrons. The largest absolute Gasteiger partial charge is 0.482 e. The molecule has 0 amide bonds. The Hall–Kier alpha value is -1.55. The summed E-state index contributed by atoms with van der Waals surface area (Å²) in [6.07, 6.45) is 1.90. The van der Waals surface area contributed by atoms with E-state index >= 15 is 0 Å². The maximum Gasteiger partial charge on any atom is 0.344 e. The molecule has 0 radical (unpaired) electrons. The quantitative estimate of drug-likeness (QED) is 0.590. The Labute approximate surface area is 127 Å². The van der Waals surface area contributed by atoms with Crippen LogP contribution in [0.2, 0.25) is 0 Å². The molecular formula is C17H27NO3. The van der Waals surface area contributed by atoms with Gasteiger partial charge in [-0.3, -0.25) is 0 Å². The van der Waals surface area contributed by atoms with Gasteiger partial charge in [0.2, 0.25) is 0 Å². The van der Waals surface area contributed by atoms with E-state index in [0.29, 0.717) is 12.4 Å². The zero-order valence-corrected chi connectivity index (χ0v) is 13.6. The van der Waals surface area contributed by atoms with Gasteiger partial charge < -0.3 is 14.8 Å². The zero-order valence-electron chi connectivity index (χ0n) is 13.6. The van der Waals surface area contributed by atoms with Gasteiger partial charge in [-0.05, 0) is 44.9 Å². The minimum absolute atomic E-state index is 0.0384. The molecule has 0 spiro atoms. The van der Waals surface area contributed by atoms with Gasteiger partial charge in [-0.15, -0.1) is 0 Å². The topological polar surface area (TPSA) is 47.6 Å². The number of nitrogens with one attached hydrogen (secondary N) is 1. The number of carbonyl (C=O) groups is 1. The Kier molecular flexibility index (Phi) is 7.23. The highest BCUT2D eigenvalue weighted by atomic mass is 16.6. The minimum atomic E-state index is -0.318. The third kappa shape index (κ3) is 8.35. The van der Waals surface area contributed by atoms with Gasteiger partial charge in [-0.25, -0.2) is 4.79 Å². The lowest BCUT2D eigenvalue weighted by atomic mass is 10.1. The second-order valence-electron chi connectivity index (χ2n) is 6.11. The molecule has 1 aromatic carbocycles. The fourth-order valence-corrected chi connectivity index (χ4v) is 1.59. The molecule has 0 saturated carbocycles. The molecule has 4 nitrogen and oxygen atoms in total. The van der Waals surface area contributed by atoms with E-state index in [1.54, 1.807) is 0 Å². The number of ether oxygens (including phenoxy) is 2. The van der Waals surface area contributed by atoms with Gasteiger partial charge in [0, 0.05) is 12.1 Å². The third-order valence-corrected chi connectivity index (χ3v) is 2.86. The molecule has 0 aliphatic carbocycles. The van der Waals surface area contributed by atoms with Crippen molar-refractivity contribution in [2.45, 2.75) is 52.6 Å². The van der Waals surface area contributed by atoms with Crippen LogP contribution in [0, 0.1) is 0 Å². The van der Waals surface area contributed by atoms with Crippen molar-refractivity contribution < 1.29 is 14.3 Å². The number of carbonyl (C=O) groups excluding carboxylic acids is 1. The molecular weight excluding hydrogens is 266 g/mol. The molecule has 0 atom stereocenters. The van der Waals surface area contributed by atoms with Crippen molar-refractivity contribution in [3.63, 3.8) is 0 Å². The van der Waals surface area contributed by atoms with E-state index in [2.05, 4.69) is 33.0 Å². The van der Waals surface area contributed by atoms with Crippen LogP contribution in [0.1, 0.15) is 46.1 Å². The summed E-state index contributed by atoms with van der Waals surface area (Å²) in [5.41, 5.74) is 1.28. The smallest absolute Gasteiger partial charge is 0.344 e. The van der Waals surface area contributed by atoms with E-state index in [9.17, 15) is 4.79 Å². The van der Waals surface area contributed by atoms with Crippen LogP contribution in [0.3, 0.4) is 0 Å². The molecule has 21 heavy (non-hydrogen) atoms. The first kappa shape index (κ1) is 17.5. The van der Waals surface area contributed by atoms with Crippen molar-refractivity contribution in [1.29, 1.82) is 0 Å². The molecule has 0 heterocycles. The van der Waals surface area contributed by atoms with Gasteiger partial charge >= 0.3 is 5.97 Å². The fraction of sp³-hybridized carbons (Fsp3) is 0.588. The van der Waals surface area contributed by atoms with Crippen LogP contribution < -0.4 is 10.1 Å². The van der Waals surface area contributed by atoms with Gasteiger partial charge in [0.25, 0.3) is 0 Å². The second kappa shape index (κ2) is 8.67. The van der Waals surface area contributed by atoms with Gasteiger partial charge in [0.05, 0.1) is 6.61 Å². The monoisotopic (exact) mass is 293 g/mol. The molecule has 0 saturated heterocycles. The molecule has 0 bridgehead atoms. The van der Waals surface area contributed by atoms with Crippen molar-refractivity contribution in [1.82, 2.24) is 5.32 Å². The first-order valence-corrected chi connectivity index (χ1v) is 7.53. The van der Waals surface area contributed by atoms with Crippen LogP contribution in [0.15, 0.2) is 24.3 Å². The molecule has 4 heteroatoms. The summed E-state index contributed by atoms with van der Waals surface area (Å²) >= 11 is 0. The molecule has 0 aliphatic rings. The fourth-order valence-electron chi connectivity index (χ4n) is 1.59. The highest BCUT2D eigenvalue weighted by Crippen LogP contribution is 2.13. The van der Waals surface area contributed by atoms with E-state index in [0.717, 1.165) is 19.4 Å². The normalized spacial score (nSPS) is 11.2. The lowest BCUT2D eigenvalue weighted by molar-refractivity contribution is -0.146. The first-order chi connectivity index (χ1) is 9.90. The summed E-state index contributed by atoms with van der Waals surface area (Å²) < 4.78 is 10.4. The molecule has 1 rings (SSSR count). The summed E-state index contributed by atoms with van der Waals surface area (Å²) in [5, 5.41) is 3.42. The minimum Gasteiger partial charge on any atom is -0.482 e. The van der Waals surface area contributed by atoms with Crippen LogP contribution in [0.25, 0.3) is 0 Å². The Morgan fingerprint density at radius 3 is 2.43 bits per heavy atom. The number of hydrogen-bond donors (Lipinski definition) is 1. The SMILES string of the molecule is CCCCOC(=O)COc1ccc(CNC(C)(C)C)cc1. The maximum atomic E-state index is 11.4. The molecule has 0 aromatic heterocycles. The van der Waals surface area contributed by atoms with Crippen LogP contribution in [-0.2, 0) is 16.1 Å². The lowest BCUT2D eigenvalue weighted by Crippen LogP contribution is -2.35. The molecule has 1 N–H and O–H groups in total. The van der Waals surface area contributed by atoms with E-state index in [4.69, 9.17) is 9.47 Å². The van der Waals surface area contributed by atoms with E-state index in [-0.39, 0.29) is 18.1 Å². The van der Waals surface area contributed by atoms with Gasteiger partial charge in [-0.2, -0.15) is 0 Å². The maximum absolute atomic E-state index is 11.4. The lowest BCUT2D eigenvalue weighted by Gasteiger charge is -2.20. The summed E-state index contributed by atoms with van der Waals surface area (Å²) in [7, 11) is 0. The Morgan fingerprint density at radius 1 is 1.19 bits per heavy atom. The number of benzene rings is 1. The van der Waals surface area contributed by atoms with Crippen molar-refractivity contribution in [3.8, 4) is 5.75 Å². The summed E-state index contributed by atoms with van der Waals surface area (Å²) in [6, 6.07) is 7.74.